The zero-order chi connectivity index (χ0) is 15.6. The zero-order valence-corrected chi connectivity index (χ0v) is 14.0. The van der Waals surface area contributed by atoms with E-state index in [1.807, 2.05) is 20.8 Å². The maximum absolute atomic E-state index is 6.44. The van der Waals surface area contributed by atoms with E-state index in [1.54, 1.807) is 30.6 Å². The Morgan fingerprint density at radius 2 is 1.95 bits per heavy atom. The molecule has 112 valence electrons. The second-order valence-corrected chi connectivity index (χ2v) is 6.62. The molecule has 0 radical (unpaired) electrons. The van der Waals surface area contributed by atoms with Crippen LogP contribution in [0, 0.1) is 5.41 Å². The lowest BCUT2D eigenvalue weighted by molar-refractivity contribution is 0.435. The first-order valence-electron chi connectivity index (χ1n) is 6.19. The summed E-state index contributed by atoms with van der Waals surface area (Å²) in [6.45, 7) is 5.91. The van der Waals surface area contributed by atoms with E-state index in [4.69, 9.17) is 39.5 Å². The molecular weight excluding hydrogens is 333 g/mol. The smallest absolute Gasteiger partial charge is 0.237 e. The lowest BCUT2D eigenvalue weighted by Gasteiger charge is -2.21. The average molecular weight is 347 g/mol. The lowest BCUT2D eigenvalue weighted by atomic mass is 9.96. The van der Waals surface area contributed by atoms with E-state index in [9.17, 15) is 0 Å². The van der Waals surface area contributed by atoms with Crippen LogP contribution in [0.2, 0.25) is 10.0 Å². The number of aromatic nitrogens is 3. The Kier molecular flexibility index (Phi) is 4.81. The maximum atomic E-state index is 6.44. The molecule has 7 heteroatoms. The Hall–Kier alpha value is -1.23. The molecule has 21 heavy (non-hydrogen) atoms. The molecule has 0 aliphatic rings. The fraction of sp³-hybridized carbons (Fsp3) is 0.286. The monoisotopic (exact) mass is 345 g/mol. The van der Waals surface area contributed by atoms with Crippen LogP contribution in [-0.2, 0) is 0 Å². The van der Waals surface area contributed by atoms with Crippen LogP contribution >= 0.6 is 34.8 Å². The molecule has 0 saturated heterocycles. The van der Waals surface area contributed by atoms with Gasteiger partial charge in [0.25, 0.3) is 0 Å². The number of rotatable bonds is 3. The van der Waals surface area contributed by atoms with Crippen molar-refractivity contribution >= 4 is 40.7 Å². The van der Waals surface area contributed by atoms with Crippen LogP contribution in [-0.4, -0.2) is 15.0 Å². The standard InChI is InChI=1S/C14H14Cl3N3O/c1-14(2,3)12(17)13(20-7-6-18-19-20)21-11-5-4-9(15)8-10(11)16/h4-8H,1-3H3. The van der Waals surface area contributed by atoms with Crippen LogP contribution in [0.1, 0.15) is 20.8 Å². The average Bonchev–Trinajstić information content (AvgIpc) is 2.90. The van der Waals surface area contributed by atoms with E-state index in [2.05, 4.69) is 10.3 Å². The van der Waals surface area contributed by atoms with E-state index in [1.165, 1.54) is 4.68 Å². The summed E-state index contributed by atoms with van der Waals surface area (Å²) in [5.74, 6) is 0.792. The van der Waals surface area contributed by atoms with Gasteiger partial charge in [-0.05, 0) is 18.2 Å². The van der Waals surface area contributed by atoms with E-state index in [0.29, 0.717) is 26.7 Å². The fourth-order valence-corrected chi connectivity index (χ4v) is 2.06. The molecule has 0 atom stereocenters. The van der Waals surface area contributed by atoms with Gasteiger partial charge < -0.3 is 4.74 Å². The summed E-state index contributed by atoms with van der Waals surface area (Å²) >= 11 is 18.5. The highest BCUT2D eigenvalue weighted by molar-refractivity contribution is 6.35. The Morgan fingerprint density at radius 1 is 1.24 bits per heavy atom. The molecular formula is C14H14Cl3N3O. The van der Waals surface area contributed by atoms with Gasteiger partial charge in [0.05, 0.1) is 22.4 Å². The summed E-state index contributed by atoms with van der Waals surface area (Å²) in [6, 6.07) is 4.96. The van der Waals surface area contributed by atoms with Crippen LogP contribution < -0.4 is 4.74 Å². The van der Waals surface area contributed by atoms with Crippen LogP contribution in [0.5, 0.6) is 5.75 Å². The van der Waals surface area contributed by atoms with Gasteiger partial charge in [-0.2, -0.15) is 4.68 Å². The summed E-state index contributed by atoms with van der Waals surface area (Å²) in [5.41, 5.74) is -0.318. The molecule has 1 aromatic heterocycles. The van der Waals surface area contributed by atoms with Crippen molar-refractivity contribution in [1.82, 2.24) is 15.0 Å². The highest BCUT2D eigenvalue weighted by Gasteiger charge is 2.23. The van der Waals surface area contributed by atoms with E-state index in [0.717, 1.165) is 0 Å². The number of hydrogen-bond donors (Lipinski definition) is 0. The third-order valence-corrected chi connectivity index (χ3v) is 3.84. The van der Waals surface area contributed by atoms with Gasteiger partial charge in [0.2, 0.25) is 5.88 Å². The van der Waals surface area contributed by atoms with Gasteiger partial charge >= 0.3 is 0 Å². The van der Waals surface area contributed by atoms with E-state index in [-0.39, 0.29) is 5.41 Å². The molecule has 1 aromatic carbocycles. The zero-order valence-electron chi connectivity index (χ0n) is 11.8. The van der Waals surface area contributed by atoms with E-state index >= 15 is 0 Å². The third kappa shape index (κ3) is 3.90. The van der Waals surface area contributed by atoms with Crippen LogP contribution in [0.3, 0.4) is 0 Å². The van der Waals surface area contributed by atoms with Crippen molar-refractivity contribution in [3.63, 3.8) is 0 Å². The Labute approximate surface area is 138 Å². The minimum Gasteiger partial charge on any atom is -0.436 e. The number of ether oxygens (including phenoxy) is 1. The summed E-state index contributed by atoms with van der Waals surface area (Å²) in [5, 5.41) is 9.11. The summed E-state index contributed by atoms with van der Waals surface area (Å²) in [4.78, 5) is 0. The predicted molar refractivity (Wildman–Crippen MR) is 85.6 cm³/mol. The van der Waals surface area contributed by atoms with Gasteiger partial charge in [0.1, 0.15) is 5.75 Å². The third-order valence-electron chi connectivity index (χ3n) is 2.58. The molecule has 0 unspecified atom stereocenters. The summed E-state index contributed by atoms with van der Waals surface area (Å²) in [6.07, 6.45) is 3.19. The largest absolute Gasteiger partial charge is 0.436 e. The number of allylic oxidation sites excluding steroid dienone is 1. The van der Waals surface area contributed by atoms with Crippen LogP contribution in [0.15, 0.2) is 35.6 Å². The van der Waals surface area contributed by atoms with Gasteiger partial charge in [-0.1, -0.05) is 60.8 Å². The topological polar surface area (TPSA) is 39.9 Å². The minimum absolute atomic E-state index is 0.318. The van der Waals surface area contributed by atoms with Crippen molar-refractivity contribution in [3.8, 4) is 5.75 Å². The Morgan fingerprint density at radius 3 is 2.48 bits per heavy atom. The normalized spacial score (nSPS) is 13.0. The van der Waals surface area contributed by atoms with Crippen LogP contribution in [0.25, 0.3) is 5.88 Å². The molecule has 1 heterocycles. The number of hydrogen-bond acceptors (Lipinski definition) is 3. The predicted octanol–water partition coefficient (Wildman–Crippen LogP) is 5.07. The number of benzene rings is 1. The molecule has 4 nitrogen and oxygen atoms in total. The number of halogens is 3. The molecule has 0 fully saturated rings. The highest BCUT2D eigenvalue weighted by Crippen LogP contribution is 2.36. The van der Waals surface area contributed by atoms with Crippen molar-refractivity contribution < 1.29 is 4.74 Å². The molecule has 0 N–H and O–H groups in total. The molecule has 2 aromatic rings. The minimum atomic E-state index is -0.318. The van der Waals surface area contributed by atoms with Crippen LogP contribution in [0.4, 0.5) is 0 Å². The van der Waals surface area contributed by atoms with Crippen molar-refractivity contribution in [3.05, 3.63) is 45.7 Å². The molecule has 0 amide bonds. The van der Waals surface area contributed by atoms with Crippen molar-refractivity contribution in [1.29, 1.82) is 0 Å². The van der Waals surface area contributed by atoms with Gasteiger partial charge in [-0.3, -0.25) is 0 Å². The van der Waals surface area contributed by atoms with Gasteiger partial charge in [-0.15, -0.1) is 5.10 Å². The molecule has 0 aliphatic heterocycles. The van der Waals surface area contributed by atoms with Crippen molar-refractivity contribution in [2.75, 3.05) is 0 Å². The van der Waals surface area contributed by atoms with Gasteiger partial charge in [-0.25, -0.2) is 0 Å². The Bertz CT molecular complexity index is 661. The first-order valence-corrected chi connectivity index (χ1v) is 7.32. The maximum Gasteiger partial charge on any atom is 0.237 e. The van der Waals surface area contributed by atoms with Gasteiger partial charge in [0, 0.05) is 10.4 Å². The van der Waals surface area contributed by atoms with Crippen molar-refractivity contribution in [2.24, 2.45) is 5.41 Å². The fourth-order valence-electron chi connectivity index (χ4n) is 1.49. The molecule has 2 rings (SSSR count). The SMILES string of the molecule is CC(C)(C)C(Cl)=C(Oc1ccc(Cl)cc1Cl)n1ccnn1. The molecule has 0 aliphatic carbocycles. The molecule has 0 saturated carbocycles. The molecule has 0 bridgehead atoms. The number of nitrogens with zero attached hydrogens (tertiary/aromatic N) is 3. The van der Waals surface area contributed by atoms with E-state index < -0.39 is 0 Å². The first-order chi connectivity index (χ1) is 9.79. The second kappa shape index (κ2) is 6.26. The van der Waals surface area contributed by atoms with Crippen molar-refractivity contribution in [2.45, 2.75) is 20.8 Å². The lowest BCUT2D eigenvalue weighted by Crippen LogP contribution is -2.15. The highest BCUT2D eigenvalue weighted by atomic mass is 35.5. The molecule has 0 spiro atoms. The summed E-state index contributed by atoms with van der Waals surface area (Å²) in [7, 11) is 0. The second-order valence-electron chi connectivity index (χ2n) is 5.39. The summed E-state index contributed by atoms with van der Waals surface area (Å²) < 4.78 is 7.31. The first kappa shape index (κ1) is 16.1. The Balaban J connectivity index is 2.47. The quantitative estimate of drug-likeness (QED) is 0.728. The van der Waals surface area contributed by atoms with Gasteiger partial charge in [0.15, 0.2) is 0 Å².